The van der Waals surface area contributed by atoms with Gasteiger partial charge >= 0.3 is 0 Å². The SMILES string of the molecule is Oc1cncc(-c2nc(-c3cncs3)no2)c1. The zero-order chi connectivity index (χ0) is 11.7. The summed E-state index contributed by atoms with van der Waals surface area (Å²) in [5.74, 6) is 0.850. The van der Waals surface area contributed by atoms with Gasteiger partial charge in [0.1, 0.15) is 5.75 Å². The van der Waals surface area contributed by atoms with Gasteiger partial charge in [-0.1, -0.05) is 5.16 Å². The fraction of sp³-hybridized carbons (Fsp3) is 0. The van der Waals surface area contributed by atoms with Crippen LogP contribution in [0.4, 0.5) is 0 Å². The van der Waals surface area contributed by atoms with Crippen LogP contribution in [-0.4, -0.2) is 25.2 Å². The fourth-order valence-corrected chi connectivity index (χ4v) is 1.86. The van der Waals surface area contributed by atoms with Gasteiger partial charge in [-0.25, -0.2) is 0 Å². The maximum Gasteiger partial charge on any atom is 0.259 e. The van der Waals surface area contributed by atoms with Gasteiger partial charge in [-0.05, 0) is 6.07 Å². The van der Waals surface area contributed by atoms with E-state index in [9.17, 15) is 5.11 Å². The molecule has 3 aromatic rings. The average molecular weight is 246 g/mol. The molecule has 0 atom stereocenters. The Morgan fingerprint density at radius 2 is 2.12 bits per heavy atom. The molecule has 0 fully saturated rings. The van der Waals surface area contributed by atoms with Crippen molar-refractivity contribution >= 4 is 11.3 Å². The molecule has 0 aliphatic heterocycles. The minimum absolute atomic E-state index is 0.0556. The van der Waals surface area contributed by atoms with E-state index in [0.29, 0.717) is 17.3 Å². The maximum atomic E-state index is 9.30. The zero-order valence-corrected chi connectivity index (χ0v) is 9.26. The van der Waals surface area contributed by atoms with Gasteiger partial charge < -0.3 is 9.63 Å². The minimum atomic E-state index is 0.0556. The van der Waals surface area contributed by atoms with Gasteiger partial charge in [0.2, 0.25) is 5.82 Å². The topological polar surface area (TPSA) is 84.9 Å². The molecule has 0 aromatic carbocycles. The van der Waals surface area contributed by atoms with E-state index in [4.69, 9.17) is 4.52 Å². The van der Waals surface area contributed by atoms with Crippen molar-refractivity contribution in [3.63, 3.8) is 0 Å². The predicted octanol–water partition coefficient (Wildman–Crippen LogP) is 1.96. The second-order valence-electron chi connectivity index (χ2n) is 3.22. The van der Waals surface area contributed by atoms with E-state index in [2.05, 4.69) is 20.1 Å². The van der Waals surface area contributed by atoms with Gasteiger partial charge in [-0.15, -0.1) is 11.3 Å². The predicted molar refractivity (Wildman–Crippen MR) is 60.3 cm³/mol. The van der Waals surface area contributed by atoms with Gasteiger partial charge in [-0.2, -0.15) is 4.98 Å². The lowest BCUT2D eigenvalue weighted by Gasteiger charge is -1.93. The number of hydrogen-bond donors (Lipinski definition) is 1. The van der Waals surface area contributed by atoms with E-state index < -0.39 is 0 Å². The van der Waals surface area contributed by atoms with Crippen molar-refractivity contribution in [2.45, 2.75) is 0 Å². The van der Waals surface area contributed by atoms with E-state index in [0.717, 1.165) is 4.88 Å². The zero-order valence-electron chi connectivity index (χ0n) is 8.44. The summed E-state index contributed by atoms with van der Waals surface area (Å²) in [5.41, 5.74) is 2.27. The second-order valence-corrected chi connectivity index (χ2v) is 4.11. The molecular formula is C10H6N4O2S. The van der Waals surface area contributed by atoms with Crippen molar-refractivity contribution < 1.29 is 9.63 Å². The van der Waals surface area contributed by atoms with E-state index in [-0.39, 0.29) is 5.75 Å². The number of thiazole rings is 1. The smallest absolute Gasteiger partial charge is 0.259 e. The van der Waals surface area contributed by atoms with Crippen LogP contribution in [0.3, 0.4) is 0 Å². The molecule has 3 heterocycles. The normalized spacial score (nSPS) is 10.6. The lowest BCUT2D eigenvalue weighted by molar-refractivity contribution is 0.431. The summed E-state index contributed by atoms with van der Waals surface area (Å²) in [7, 11) is 0. The lowest BCUT2D eigenvalue weighted by Crippen LogP contribution is -1.80. The maximum absolute atomic E-state index is 9.30. The summed E-state index contributed by atoms with van der Waals surface area (Å²) in [6, 6.07) is 1.51. The Morgan fingerprint density at radius 3 is 2.88 bits per heavy atom. The Labute approximate surface area is 99.6 Å². The summed E-state index contributed by atoms with van der Waals surface area (Å²) in [5, 5.41) is 13.1. The minimum Gasteiger partial charge on any atom is -0.506 e. The van der Waals surface area contributed by atoms with Crippen LogP contribution in [0.25, 0.3) is 22.2 Å². The molecule has 3 aromatic heterocycles. The first-order chi connectivity index (χ1) is 8.33. The van der Waals surface area contributed by atoms with Crippen molar-refractivity contribution in [1.29, 1.82) is 0 Å². The molecule has 0 spiro atoms. The van der Waals surface area contributed by atoms with Gasteiger partial charge in [-0.3, -0.25) is 9.97 Å². The second kappa shape index (κ2) is 3.95. The summed E-state index contributed by atoms with van der Waals surface area (Å²) in [6.45, 7) is 0. The van der Waals surface area contributed by atoms with Crippen LogP contribution in [-0.2, 0) is 0 Å². The Morgan fingerprint density at radius 1 is 1.18 bits per heavy atom. The first kappa shape index (κ1) is 9.91. The van der Waals surface area contributed by atoms with Crippen molar-refractivity contribution in [2.24, 2.45) is 0 Å². The van der Waals surface area contributed by atoms with Crippen molar-refractivity contribution in [3.05, 3.63) is 30.2 Å². The number of rotatable bonds is 2. The van der Waals surface area contributed by atoms with Gasteiger partial charge in [0, 0.05) is 12.4 Å². The van der Waals surface area contributed by atoms with Crippen molar-refractivity contribution in [3.8, 4) is 27.9 Å². The standard InChI is InChI=1S/C10H6N4O2S/c15-7-1-6(2-11-3-7)10-13-9(14-16-10)8-4-12-5-17-8/h1-5,15H. The van der Waals surface area contributed by atoms with Crippen LogP contribution < -0.4 is 0 Å². The van der Waals surface area contributed by atoms with Crippen molar-refractivity contribution in [1.82, 2.24) is 20.1 Å². The molecule has 7 heteroatoms. The Hall–Kier alpha value is -2.28. The Kier molecular flexibility index (Phi) is 2.30. The van der Waals surface area contributed by atoms with Gasteiger partial charge in [0.25, 0.3) is 5.89 Å². The molecule has 0 amide bonds. The number of nitrogens with zero attached hydrogens (tertiary/aromatic N) is 4. The first-order valence-corrected chi connectivity index (χ1v) is 5.58. The number of aromatic nitrogens is 4. The highest BCUT2D eigenvalue weighted by atomic mass is 32.1. The number of hydrogen-bond acceptors (Lipinski definition) is 7. The molecule has 17 heavy (non-hydrogen) atoms. The van der Waals surface area contributed by atoms with Crippen LogP contribution >= 0.6 is 11.3 Å². The molecular weight excluding hydrogens is 240 g/mol. The summed E-state index contributed by atoms with van der Waals surface area (Å²) < 4.78 is 5.10. The number of aromatic hydroxyl groups is 1. The molecule has 0 bridgehead atoms. The molecule has 0 saturated heterocycles. The molecule has 0 aliphatic rings. The average Bonchev–Trinajstić information content (AvgIpc) is 3.00. The third-order valence-electron chi connectivity index (χ3n) is 2.05. The molecule has 6 nitrogen and oxygen atoms in total. The molecule has 1 N–H and O–H groups in total. The van der Waals surface area contributed by atoms with E-state index in [1.165, 1.54) is 23.6 Å². The molecule has 84 valence electrons. The monoisotopic (exact) mass is 246 g/mol. The van der Waals surface area contributed by atoms with Gasteiger partial charge in [0.05, 0.1) is 22.1 Å². The third-order valence-corrected chi connectivity index (χ3v) is 2.82. The van der Waals surface area contributed by atoms with Crippen LogP contribution in [0, 0.1) is 0 Å². The quantitative estimate of drug-likeness (QED) is 0.744. The molecule has 0 radical (unpaired) electrons. The fourth-order valence-electron chi connectivity index (χ4n) is 1.31. The molecule has 3 rings (SSSR count). The van der Waals surface area contributed by atoms with Crippen LogP contribution in [0.2, 0.25) is 0 Å². The largest absolute Gasteiger partial charge is 0.506 e. The Balaban J connectivity index is 2.01. The highest BCUT2D eigenvalue weighted by Gasteiger charge is 2.12. The highest BCUT2D eigenvalue weighted by molar-refractivity contribution is 7.13. The summed E-state index contributed by atoms with van der Waals surface area (Å²) in [6.07, 6.45) is 4.55. The van der Waals surface area contributed by atoms with E-state index in [1.807, 2.05) is 0 Å². The van der Waals surface area contributed by atoms with Crippen LogP contribution in [0.5, 0.6) is 5.75 Å². The lowest BCUT2D eigenvalue weighted by atomic mass is 10.3. The summed E-state index contributed by atoms with van der Waals surface area (Å²) in [4.78, 5) is 12.8. The van der Waals surface area contributed by atoms with Crippen LogP contribution in [0.15, 0.2) is 34.7 Å². The number of pyridine rings is 1. The van der Waals surface area contributed by atoms with Crippen molar-refractivity contribution in [2.75, 3.05) is 0 Å². The van der Waals surface area contributed by atoms with E-state index >= 15 is 0 Å². The highest BCUT2D eigenvalue weighted by Crippen LogP contribution is 2.25. The van der Waals surface area contributed by atoms with E-state index in [1.54, 1.807) is 17.9 Å². The molecule has 0 saturated carbocycles. The van der Waals surface area contributed by atoms with Crippen LogP contribution in [0.1, 0.15) is 0 Å². The third kappa shape index (κ3) is 1.87. The molecule has 0 unspecified atom stereocenters. The molecule has 0 aliphatic carbocycles. The van der Waals surface area contributed by atoms with Gasteiger partial charge in [0.15, 0.2) is 0 Å². The Bertz CT molecular complexity index is 635. The summed E-state index contributed by atoms with van der Waals surface area (Å²) >= 11 is 1.43. The first-order valence-electron chi connectivity index (χ1n) is 4.70.